The molecule has 1 aromatic heterocycles. The number of sulfonamides is 1. The molecule has 0 aliphatic rings. The van der Waals surface area contributed by atoms with Crippen LogP contribution < -0.4 is 10.5 Å². The topological polar surface area (TPSA) is 110 Å². The third kappa shape index (κ3) is 4.64. The lowest BCUT2D eigenvalue weighted by atomic mass is 10.2. The summed E-state index contributed by atoms with van der Waals surface area (Å²) in [6.45, 7) is 1.79. The Kier molecular flexibility index (Phi) is 5.07. The molecule has 7 nitrogen and oxygen atoms in total. The molecule has 0 radical (unpaired) electrons. The molecule has 0 bridgehead atoms. The number of aromatic nitrogens is 2. The van der Waals surface area contributed by atoms with Crippen LogP contribution in [-0.2, 0) is 29.7 Å². The second-order valence-corrected chi connectivity index (χ2v) is 6.19. The molecule has 0 spiro atoms. The van der Waals surface area contributed by atoms with Gasteiger partial charge >= 0.3 is 0 Å². The average molecular weight is 310 g/mol. The summed E-state index contributed by atoms with van der Waals surface area (Å²) in [5.41, 5.74) is 1.98. The van der Waals surface area contributed by atoms with E-state index < -0.39 is 10.0 Å². The van der Waals surface area contributed by atoms with Crippen LogP contribution in [0.1, 0.15) is 11.1 Å². The number of nitrogens with zero attached hydrogens (tertiary/aromatic N) is 2. The van der Waals surface area contributed by atoms with Crippen LogP contribution in [-0.4, -0.2) is 29.9 Å². The van der Waals surface area contributed by atoms with Gasteiger partial charge in [0, 0.05) is 24.8 Å². The van der Waals surface area contributed by atoms with Gasteiger partial charge in [0.05, 0.1) is 24.2 Å². The fraction of sp³-hybridized carbons (Fsp3) is 0.308. The molecular formula is C13H18N4O3S. The van der Waals surface area contributed by atoms with Gasteiger partial charge in [-0.25, -0.2) is 13.6 Å². The minimum Gasteiger partial charge on any atom is -0.394 e. The van der Waals surface area contributed by atoms with E-state index in [0.717, 1.165) is 11.1 Å². The van der Waals surface area contributed by atoms with Crippen molar-refractivity contribution in [2.45, 2.75) is 24.5 Å². The van der Waals surface area contributed by atoms with Gasteiger partial charge in [-0.1, -0.05) is 12.1 Å². The van der Waals surface area contributed by atoms with Crippen molar-refractivity contribution in [2.75, 3.05) is 6.61 Å². The molecule has 0 amide bonds. The van der Waals surface area contributed by atoms with E-state index in [1.807, 2.05) is 6.20 Å². The molecule has 0 aliphatic carbocycles. The Bertz CT molecular complexity index is 680. The van der Waals surface area contributed by atoms with Gasteiger partial charge in [-0.05, 0) is 17.7 Å². The number of nitrogens with two attached hydrogens (primary N) is 1. The number of rotatable bonds is 7. The normalized spacial score (nSPS) is 11.7. The predicted octanol–water partition coefficient (Wildman–Crippen LogP) is -0.187. The van der Waals surface area contributed by atoms with E-state index in [1.165, 1.54) is 12.1 Å². The Labute approximate surface area is 123 Å². The summed E-state index contributed by atoms with van der Waals surface area (Å²) in [5.74, 6) is 0. The maximum atomic E-state index is 11.1. The minimum atomic E-state index is -3.64. The van der Waals surface area contributed by atoms with Crippen molar-refractivity contribution in [2.24, 2.45) is 5.14 Å². The Hall–Kier alpha value is -1.74. The highest BCUT2D eigenvalue weighted by atomic mass is 32.2. The lowest BCUT2D eigenvalue weighted by molar-refractivity contribution is 0.269. The Morgan fingerprint density at radius 2 is 1.86 bits per heavy atom. The first kappa shape index (κ1) is 15.6. The molecule has 8 heteroatoms. The molecule has 2 aromatic rings. The molecule has 114 valence electrons. The summed E-state index contributed by atoms with van der Waals surface area (Å²) < 4.78 is 23.9. The Morgan fingerprint density at radius 3 is 2.48 bits per heavy atom. The number of hydrogen-bond acceptors (Lipinski definition) is 5. The standard InChI is InChI=1S/C13H18N4O3S/c14-21(19,20)13-3-1-11(2-4-13)7-15-8-12-9-16-17(10-12)5-6-18/h1-4,9-10,15,18H,5-8H2,(H2,14,19,20). The van der Waals surface area contributed by atoms with Crippen molar-refractivity contribution < 1.29 is 13.5 Å². The fourth-order valence-electron chi connectivity index (χ4n) is 1.87. The molecule has 0 fully saturated rings. The minimum absolute atomic E-state index is 0.0605. The third-order valence-electron chi connectivity index (χ3n) is 2.93. The van der Waals surface area contributed by atoms with Crippen LogP contribution in [0.15, 0.2) is 41.6 Å². The SMILES string of the molecule is NS(=O)(=O)c1ccc(CNCc2cnn(CCO)c2)cc1. The van der Waals surface area contributed by atoms with Crippen LogP contribution >= 0.6 is 0 Å². The van der Waals surface area contributed by atoms with Crippen LogP contribution in [0.3, 0.4) is 0 Å². The van der Waals surface area contributed by atoms with Gasteiger partial charge in [0.15, 0.2) is 0 Å². The highest BCUT2D eigenvalue weighted by Gasteiger charge is 2.06. The average Bonchev–Trinajstić information content (AvgIpc) is 2.86. The Balaban J connectivity index is 1.85. The van der Waals surface area contributed by atoms with Crippen molar-refractivity contribution in [3.63, 3.8) is 0 Å². The van der Waals surface area contributed by atoms with Crippen LogP contribution in [0.2, 0.25) is 0 Å². The van der Waals surface area contributed by atoms with E-state index in [1.54, 1.807) is 23.0 Å². The molecule has 1 aromatic carbocycles. The van der Waals surface area contributed by atoms with E-state index in [9.17, 15) is 8.42 Å². The summed E-state index contributed by atoms with van der Waals surface area (Å²) in [6, 6.07) is 6.43. The van der Waals surface area contributed by atoms with E-state index in [0.29, 0.717) is 19.6 Å². The molecule has 1 heterocycles. The first-order chi connectivity index (χ1) is 9.99. The van der Waals surface area contributed by atoms with Crippen LogP contribution in [0, 0.1) is 0 Å². The molecule has 0 atom stereocenters. The zero-order valence-corrected chi connectivity index (χ0v) is 12.3. The second-order valence-electron chi connectivity index (χ2n) is 4.63. The number of nitrogens with one attached hydrogen (secondary N) is 1. The number of primary sulfonamides is 1. The molecule has 2 rings (SSSR count). The number of aliphatic hydroxyl groups excluding tert-OH is 1. The van der Waals surface area contributed by atoms with E-state index >= 15 is 0 Å². The largest absolute Gasteiger partial charge is 0.394 e. The highest BCUT2D eigenvalue weighted by Crippen LogP contribution is 2.08. The van der Waals surface area contributed by atoms with E-state index in [4.69, 9.17) is 10.2 Å². The van der Waals surface area contributed by atoms with Crippen LogP contribution in [0.25, 0.3) is 0 Å². The van der Waals surface area contributed by atoms with Crippen LogP contribution in [0.5, 0.6) is 0 Å². The molecule has 0 saturated heterocycles. The van der Waals surface area contributed by atoms with Crippen molar-refractivity contribution >= 4 is 10.0 Å². The van der Waals surface area contributed by atoms with Crippen molar-refractivity contribution in [1.29, 1.82) is 0 Å². The lowest BCUT2D eigenvalue weighted by Gasteiger charge is -2.04. The second kappa shape index (κ2) is 6.81. The van der Waals surface area contributed by atoms with Crippen molar-refractivity contribution in [1.82, 2.24) is 15.1 Å². The van der Waals surface area contributed by atoms with Gasteiger partial charge in [0.2, 0.25) is 10.0 Å². The first-order valence-electron chi connectivity index (χ1n) is 6.43. The van der Waals surface area contributed by atoms with E-state index in [-0.39, 0.29) is 11.5 Å². The summed E-state index contributed by atoms with van der Waals surface area (Å²) in [7, 11) is -3.64. The monoisotopic (exact) mass is 310 g/mol. The van der Waals surface area contributed by atoms with Gasteiger partial charge in [-0.15, -0.1) is 0 Å². The molecule has 0 saturated carbocycles. The van der Waals surface area contributed by atoms with Gasteiger partial charge < -0.3 is 10.4 Å². The fourth-order valence-corrected chi connectivity index (χ4v) is 2.39. The highest BCUT2D eigenvalue weighted by molar-refractivity contribution is 7.89. The van der Waals surface area contributed by atoms with Crippen molar-refractivity contribution in [3.05, 3.63) is 47.8 Å². The van der Waals surface area contributed by atoms with Gasteiger partial charge in [0.25, 0.3) is 0 Å². The summed E-state index contributed by atoms with van der Waals surface area (Å²) in [5, 5.41) is 21.2. The number of aliphatic hydroxyl groups is 1. The quantitative estimate of drug-likeness (QED) is 0.656. The summed E-state index contributed by atoms with van der Waals surface area (Å²) >= 11 is 0. The maximum absolute atomic E-state index is 11.1. The molecule has 0 unspecified atom stereocenters. The lowest BCUT2D eigenvalue weighted by Crippen LogP contribution is -2.14. The smallest absolute Gasteiger partial charge is 0.238 e. The predicted molar refractivity (Wildman–Crippen MR) is 77.7 cm³/mol. The first-order valence-corrected chi connectivity index (χ1v) is 7.98. The molecular weight excluding hydrogens is 292 g/mol. The maximum Gasteiger partial charge on any atom is 0.238 e. The number of benzene rings is 1. The Morgan fingerprint density at radius 1 is 1.19 bits per heavy atom. The third-order valence-corrected chi connectivity index (χ3v) is 3.86. The zero-order valence-electron chi connectivity index (χ0n) is 11.4. The molecule has 4 N–H and O–H groups in total. The summed E-state index contributed by atoms with van der Waals surface area (Å²) in [4.78, 5) is 0.108. The van der Waals surface area contributed by atoms with Gasteiger partial charge in [0.1, 0.15) is 0 Å². The molecule has 21 heavy (non-hydrogen) atoms. The van der Waals surface area contributed by atoms with Gasteiger partial charge in [-0.2, -0.15) is 5.10 Å². The van der Waals surface area contributed by atoms with E-state index in [2.05, 4.69) is 10.4 Å². The van der Waals surface area contributed by atoms with Crippen molar-refractivity contribution in [3.8, 4) is 0 Å². The zero-order chi connectivity index (χ0) is 15.3. The molecule has 0 aliphatic heterocycles. The van der Waals surface area contributed by atoms with Crippen LogP contribution in [0.4, 0.5) is 0 Å². The van der Waals surface area contributed by atoms with Gasteiger partial charge in [-0.3, -0.25) is 4.68 Å². The number of hydrogen-bond donors (Lipinski definition) is 3. The summed E-state index contributed by atoms with van der Waals surface area (Å²) in [6.07, 6.45) is 3.61.